The molecule has 0 unspecified atom stereocenters. The lowest BCUT2D eigenvalue weighted by molar-refractivity contribution is 0.455. The van der Waals surface area contributed by atoms with E-state index in [1.165, 1.54) is 11.3 Å². The van der Waals surface area contributed by atoms with Crippen LogP contribution in [0, 0.1) is 0 Å². The first-order chi connectivity index (χ1) is 4.33. The molecule has 0 atom stereocenters. The number of hydrogen-bond donors (Lipinski definition) is 2. The highest BCUT2D eigenvalue weighted by atomic mass is 32.1. The average molecular weight is 144 g/mol. The van der Waals surface area contributed by atoms with E-state index < -0.39 is 0 Å². The molecule has 1 rings (SSSR count). The minimum Gasteiger partial charge on any atom is -0.493 e. The normalized spacial score (nSPS) is 9.89. The highest BCUT2D eigenvalue weighted by Crippen LogP contribution is 2.13. The molecule has 1 heterocycles. The van der Waals surface area contributed by atoms with Crippen LogP contribution in [0.5, 0.6) is 5.88 Å². The van der Waals surface area contributed by atoms with Gasteiger partial charge in [0.15, 0.2) is 0 Å². The Balaban J connectivity index is 2.61. The Morgan fingerprint density at radius 1 is 1.89 bits per heavy atom. The maximum absolute atomic E-state index is 8.75. The molecule has 4 heteroatoms. The second-order valence-electron chi connectivity index (χ2n) is 1.63. The smallest absolute Gasteiger partial charge is 0.222 e. The van der Waals surface area contributed by atoms with E-state index in [2.05, 4.69) is 10.3 Å². The molecule has 0 fully saturated rings. The van der Waals surface area contributed by atoms with E-state index in [1.807, 2.05) is 7.05 Å². The molecular weight excluding hydrogens is 136 g/mol. The quantitative estimate of drug-likeness (QED) is 0.637. The maximum atomic E-state index is 8.75. The van der Waals surface area contributed by atoms with Gasteiger partial charge in [0, 0.05) is 6.54 Å². The van der Waals surface area contributed by atoms with Crippen molar-refractivity contribution in [2.45, 2.75) is 6.54 Å². The Morgan fingerprint density at radius 3 is 3.11 bits per heavy atom. The van der Waals surface area contributed by atoms with Gasteiger partial charge in [-0.3, -0.25) is 0 Å². The van der Waals surface area contributed by atoms with Crippen LogP contribution in [0.15, 0.2) is 5.38 Å². The lowest BCUT2D eigenvalue weighted by atomic mass is 10.7. The molecule has 9 heavy (non-hydrogen) atoms. The van der Waals surface area contributed by atoms with Crippen molar-refractivity contribution in [3.05, 3.63) is 10.4 Å². The van der Waals surface area contributed by atoms with Crippen molar-refractivity contribution in [1.82, 2.24) is 10.3 Å². The molecule has 50 valence electrons. The van der Waals surface area contributed by atoms with E-state index in [0.29, 0.717) is 0 Å². The minimum absolute atomic E-state index is 0.116. The fourth-order valence-corrected chi connectivity index (χ4v) is 1.20. The summed E-state index contributed by atoms with van der Waals surface area (Å²) in [4.78, 5) is 3.81. The maximum Gasteiger partial charge on any atom is 0.222 e. The van der Waals surface area contributed by atoms with Crippen LogP contribution in [0.4, 0.5) is 0 Å². The van der Waals surface area contributed by atoms with Gasteiger partial charge >= 0.3 is 0 Å². The number of aromatic nitrogens is 1. The van der Waals surface area contributed by atoms with Crippen molar-refractivity contribution in [2.75, 3.05) is 7.05 Å². The molecule has 1 aromatic rings. The summed E-state index contributed by atoms with van der Waals surface area (Å²) in [7, 11) is 1.85. The molecule has 2 N–H and O–H groups in total. The van der Waals surface area contributed by atoms with Gasteiger partial charge in [0.1, 0.15) is 5.01 Å². The number of thiazole rings is 1. The first-order valence-corrected chi connectivity index (χ1v) is 3.49. The number of nitrogens with one attached hydrogen (secondary N) is 1. The molecule has 0 aromatic carbocycles. The highest BCUT2D eigenvalue weighted by molar-refractivity contribution is 7.09. The Morgan fingerprint density at radius 2 is 2.67 bits per heavy atom. The molecule has 0 saturated heterocycles. The van der Waals surface area contributed by atoms with E-state index in [4.69, 9.17) is 5.11 Å². The SMILES string of the molecule is CNCc1nc(O)cs1. The van der Waals surface area contributed by atoms with Crippen LogP contribution in [0.25, 0.3) is 0 Å². The van der Waals surface area contributed by atoms with Gasteiger partial charge in [-0.05, 0) is 7.05 Å². The zero-order valence-corrected chi connectivity index (χ0v) is 5.90. The first-order valence-electron chi connectivity index (χ1n) is 2.61. The predicted octanol–water partition coefficient (Wildman–Crippen LogP) is 0.568. The van der Waals surface area contributed by atoms with E-state index in [1.54, 1.807) is 5.38 Å². The summed E-state index contributed by atoms with van der Waals surface area (Å²) >= 11 is 1.45. The Bertz CT molecular complexity index is 187. The largest absolute Gasteiger partial charge is 0.493 e. The van der Waals surface area contributed by atoms with Crippen molar-refractivity contribution in [3.63, 3.8) is 0 Å². The molecular formula is C5H8N2OS. The van der Waals surface area contributed by atoms with Gasteiger partial charge in [0.2, 0.25) is 5.88 Å². The lowest BCUT2D eigenvalue weighted by Gasteiger charge is -1.88. The van der Waals surface area contributed by atoms with Crippen molar-refractivity contribution in [2.24, 2.45) is 0 Å². The van der Waals surface area contributed by atoms with Gasteiger partial charge in [-0.1, -0.05) is 0 Å². The molecule has 1 aromatic heterocycles. The fraction of sp³-hybridized carbons (Fsp3) is 0.400. The monoisotopic (exact) mass is 144 g/mol. The van der Waals surface area contributed by atoms with Crippen LogP contribution < -0.4 is 5.32 Å². The summed E-state index contributed by atoms with van der Waals surface area (Å²) in [6.07, 6.45) is 0. The van der Waals surface area contributed by atoms with Crippen LogP contribution in [-0.2, 0) is 6.54 Å². The van der Waals surface area contributed by atoms with Crippen molar-refractivity contribution in [3.8, 4) is 5.88 Å². The molecule has 0 aliphatic heterocycles. The predicted molar refractivity (Wildman–Crippen MR) is 36.5 cm³/mol. The molecule has 0 saturated carbocycles. The number of aromatic hydroxyl groups is 1. The van der Waals surface area contributed by atoms with Gasteiger partial charge in [0.25, 0.3) is 0 Å². The summed E-state index contributed by atoms with van der Waals surface area (Å²) in [5, 5.41) is 14.2. The Hall–Kier alpha value is -0.610. The zero-order chi connectivity index (χ0) is 6.69. The van der Waals surface area contributed by atoms with E-state index in [-0.39, 0.29) is 5.88 Å². The van der Waals surface area contributed by atoms with Crippen LogP contribution in [0.3, 0.4) is 0 Å². The Kier molecular flexibility index (Phi) is 2.02. The second-order valence-corrected chi connectivity index (χ2v) is 2.57. The summed E-state index contributed by atoms with van der Waals surface area (Å²) in [6, 6.07) is 0. The average Bonchev–Trinajstić information content (AvgIpc) is 2.17. The minimum atomic E-state index is 0.116. The van der Waals surface area contributed by atoms with E-state index in [9.17, 15) is 0 Å². The van der Waals surface area contributed by atoms with E-state index >= 15 is 0 Å². The topological polar surface area (TPSA) is 45.2 Å². The summed E-state index contributed by atoms with van der Waals surface area (Å²) in [6.45, 7) is 0.727. The van der Waals surface area contributed by atoms with Gasteiger partial charge < -0.3 is 10.4 Å². The standard InChI is InChI=1S/C5H8N2OS/c1-6-2-5-7-4(8)3-9-5/h3,6,8H,2H2,1H3. The summed E-state index contributed by atoms with van der Waals surface area (Å²) in [5.41, 5.74) is 0. The third kappa shape index (κ3) is 1.65. The second kappa shape index (κ2) is 2.80. The molecule has 0 bridgehead atoms. The van der Waals surface area contributed by atoms with Crippen LogP contribution in [-0.4, -0.2) is 17.1 Å². The molecule has 0 radical (unpaired) electrons. The third-order valence-electron chi connectivity index (χ3n) is 0.868. The summed E-state index contributed by atoms with van der Waals surface area (Å²) < 4.78 is 0. The zero-order valence-electron chi connectivity index (χ0n) is 5.09. The van der Waals surface area contributed by atoms with Crippen molar-refractivity contribution >= 4 is 11.3 Å². The third-order valence-corrected chi connectivity index (χ3v) is 1.70. The van der Waals surface area contributed by atoms with Crippen LogP contribution in [0.2, 0.25) is 0 Å². The van der Waals surface area contributed by atoms with Gasteiger partial charge in [-0.25, -0.2) is 4.98 Å². The van der Waals surface area contributed by atoms with Gasteiger partial charge in [0.05, 0.1) is 5.38 Å². The van der Waals surface area contributed by atoms with Crippen LogP contribution in [0.1, 0.15) is 5.01 Å². The van der Waals surface area contributed by atoms with Crippen molar-refractivity contribution < 1.29 is 5.11 Å². The van der Waals surface area contributed by atoms with Crippen LogP contribution >= 0.6 is 11.3 Å². The lowest BCUT2D eigenvalue weighted by Crippen LogP contribution is -2.03. The fourth-order valence-electron chi connectivity index (χ4n) is 0.534. The molecule has 0 aliphatic carbocycles. The molecule has 0 spiro atoms. The number of nitrogens with zero attached hydrogens (tertiary/aromatic N) is 1. The van der Waals surface area contributed by atoms with Crippen molar-refractivity contribution in [1.29, 1.82) is 0 Å². The summed E-state index contributed by atoms with van der Waals surface area (Å²) in [5.74, 6) is 0.116. The number of hydrogen-bond acceptors (Lipinski definition) is 4. The van der Waals surface area contributed by atoms with Gasteiger partial charge in [-0.2, -0.15) is 0 Å². The molecule has 0 aliphatic rings. The van der Waals surface area contributed by atoms with E-state index in [0.717, 1.165) is 11.6 Å². The number of rotatable bonds is 2. The molecule has 3 nitrogen and oxygen atoms in total. The molecule has 0 amide bonds. The highest BCUT2D eigenvalue weighted by Gasteiger charge is 1.95. The Labute approximate surface area is 57.4 Å². The first kappa shape index (κ1) is 6.51. The van der Waals surface area contributed by atoms with Gasteiger partial charge in [-0.15, -0.1) is 11.3 Å².